The highest BCUT2D eigenvalue weighted by molar-refractivity contribution is 7.89. The van der Waals surface area contributed by atoms with Gasteiger partial charge in [0, 0.05) is 44.1 Å². The molecule has 7 nitrogen and oxygen atoms in total. The molecule has 0 radical (unpaired) electrons. The molecule has 1 aliphatic heterocycles. The van der Waals surface area contributed by atoms with E-state index in [-0.39, 0.29) is 18.2 Å². The number of ether oxygens (including phenoxy) is 1. The van der Waals surface area contributed by atoms with Crippen molar-refractivity contribution in [2.24, 2.45) is 0 Å². The lowest BCUT2D eigenvalue weighted by Gasteiger charge is -2.25. The van der Waals surface area contributed by atoms with Gasteiger partial charge in [-0.1, -0.05) is 18.9 Å². The van der Waals surface area contributed by atoms with E-state index in [0.717, 1.165) is 31.2 Å². The summed E-state index contributed by atoms with van der Waals surface area (Å²) in [5.41, 5.74) is 1.36. The second-order valence-electron chi connectivity index (χ2n) is 7.44. The smallest absolute Gasteiger partial charge is 0.254 e. The van der Waals surface area contributed by atoms with Crippen molar-refractivity contribution >= 4 is 15.9 Å². The summed E-state index contributed by atoms with van der Waals surface area (Å²) in [5.74, 6) is 0.270. The Labute approximate surface area is 178 Å². The highest BCUT2D eigenvalue weighted by atomic mass is 32.2. The van der Waals surface area contributed by atoms with Gasteiger partial charge < -0.3 is 9.64 Å². The molecule has 162 valence electrons. The van der Waals surface area contributed by atoms with Gasteiger partial charge in [-0.25, -0.2) is 12.7 Å². The van der Waals surface area contributed by atoms with Crippen LogP contribution in [0.25, 0.3) is 0 Å². The van der Waals surface area contributed by atoms with Crippen molar-refractivity contribution in [1.82, 2.24) is 14.2 Å². The van der Waals surface area contributed by atoms with Crippen LogP contribution in [0.15, 0.2) is 48.8 Å². The summed E-state index contributed by atoms with van der Waals surface area (Å²) in [6.45, 7) is 1.57. The van der Waals surface area contributed by atoms with Crippen LogP contribution in [0.1, 0.15) is 41.6 Å². The van der Waals surface area contributed by atoms with Crippen molar-refractivity contribution in [1.29, 1.82) is 0 Å². The Balaban J connectivity index is 1.77. The normalized spacial score (nSPS) is 15.4. The van der Waals surface area contributed by atoms with E-state index in [9.17, 15) is 13.2 Å². The third-order valence-corrected chi connectivity index (χ3v) is 7.15. The first-order valence-electron chi connectivity index (χ1n) is 10.3. The lowest BCUT2D eigenvalue weighted by Crippen LogP contribution is -2.40. The zero-order valence-electron chi connectivity index (χ0n) is 17.4. The highest BCUT2D eigenvalue weighted by Gasteiger charge is 2.25. The first-order valence-corrected chi connectivity index (χ1v) is 11.9. The molecule has 0 saturated carbocycles. The predicted molar refractivity (Wildman–Crippen MR) is 116 cm³/mol. The van der Waals surface area contributed by atoms with Gasteiger partial charge in [0.25, 0.3) is 5.91 Å². The molecule has 2 aromatic rings. The second-order valence-corrected chi connectivity index (χ2v) is 9.53. The number of methoxy groups -OCH3 is 1. The van der Waals surface area contributed by atoms with Gasteiger partial charge in [0.2, 0.25) is 10.0 Å². The van der Waals surface area contributed by atoms with E-state index in [2.05, 4.69) is 4.98 Å². The Kier molecular flexibility index (Phi) is 7.81. The van der Waals surface area contributed by atoms with Gasteiger partial charge >= 0.3 is 0 Å². The zero-order valence-corrected chi connectivity index (χ0v) is 18.2. The van der Waals surface area contributed by atoms with Crippen LogP contribution < -0.4 is 4.74 Å². The van der Waals surface area contributed by atoms with E-state index in [1.165, 1.54) is 0 Å². The first-order chi connectivity index (χ1) is 14.5. The summed E-state index contributed by atoms with van der Waals surface area (Å²) in [6.07, 6.45) is 7.24. The fourth-order valence-electron chi connectivity index (χ4n) is 3.57. The van der Waals surface area contributed by atoms with Gasteiger partial charge in [-0.15, -0.1) is 0 Å². The summed E-state index contributed by atoms with van der Waals surface area (Å²) in [4.78, 5) is 18.8. The molecule has 2 heterocycles. The van der Waals surface area contributed by atoms with Crippen molar-refractivity contribution in [3.8, 4) is 5.75 Å². The molecule has 0 spiro atoms. The number of nitrogens with zero attached hydrogens (tertiary/aromatic N) is 3. The third-order valence-electron chi connectivity index (χ3n) is 5.30. The molecule has 1 aromatic carbocycles. The van der Waals surface area contributed by atoms with Gasteiger partial charge in [0.15, 0.2) is 0 Å². The number of sulfonamides is 1. The summed E-state index contributed by atoms with van der Waals surface area (Å²) < 4.78 is 32.6. The van der Waals surface area contributed by atoms with Crippen LogP contribution in [0.2, 0.25) is 0 Å². The number of hydrogen-bond donors (Lipinski definition) is 0. The van der Waals surface area contributed by atoms with E-state index >= 15 is 0 Å². The van der Waals surface area contributed by atoms with E-state index in [4.69, 9.17) is 4.74 Å². The predicted octanol–water partition coefficient (Wildman–Crippen LogP) is 2.94. The Morgan fingerprint density at radius 3 is 2.47 bits per heavy atom. The molecular weight excluding hydrogens is 402 g/mol. The van der Waals surface area contributed by atoms with E-state index < -0.39 is 10.0 Å². The summed E-state index contributed by atoms with van der Waals surface area (Å²) in [5, 5.41) is 0. The molecule has 0 bridgehead atoms. The molecule has 0 atom stereocenters. The molecular formula is C22H29N3O4S. The quantitative estimate of drug-likeness (QED) is 0.642. The molecule has 0 N–H and O–H groups in total. The number of carbonyl (C=O) groups excluding carboxylic acids is 1. The fourth-order valence-corrected chi connectivity index (χ4v) is 5.10. The second kappa shape index (κ2) is 10.5. The topological polar surface area (TPSA) is 79.8 Å². The van der Waals surface area contributed by atoms with E-state index in [1.807, 2.05) is 12.1 Å². The van der Waals surface area contributed by atoms with Crippen LogP contribution in [0.3, 0.4) is 0 Å². The number of carbonyl (C=O) groups is 1. The molecule has 1 amide bonds. The van der Waals surface area contributed by atoms with E-state index in [1.54, 1.807) is 53.0 Å². The monoisotopic (exact) mass is 431 g/mol. The van der Waals surface area contributed by atoms with Crippen LogP contribution in [-0.2, 0) is 16.6 Å². The van der Waals surface area contributed by atoms with Gasteiger partial charge in [-0.2, -0.15) is 0 Å². The minimum absolute atomic E-state index is 0.0895. The molecule has 1 aliphatic rings. The van der Waals surface area contributed by atoms with Crippen LogP contribution in [-0.4, -0.2) is 61.0 Å². The zero-order chi connectivity index (χ0) is 21.4. The van der Waals surface area contributed by atoms with Crippen molar-refractivity contribution in [3.05, 3.63) is 59.9 Å². The molecule has 30 heavy (non-hydrogen) atoms. The molecule has 1 saturated heterocycles. The van der Waals surface area contributed by atoms with E-state index in [0.29, 0.717) is 30.9 Å². The SMILES string of the molecule is COc1cccc(C(=O)N(CCS(=O)(=O)N2CCCCCC2)Cc2ccncc2)c1. The average Bonchev–Trinajstić information content (AvgIpc) is 3.07. The minimum atomic E-state index is -3.42. The number of amides is 1. The number of rotatable bonds is 8. The molecule has 0 unspecified atom stereocenters. The van der Waals surface area contributed by atoms with Crippen LogP contribution in [0.5, 0.6) is 5.75 Å². The summed E-state index contributed by atoms with van der Waals surface area (Å²) >= 11 is 0. The van der Waals surface area contributed by atoms with Gasteiger partial charge in [-0.3, -0.25) is 9.78 Å². The van der Waals surface area contributed by atoms with Crippen molar-refractivity contribution in [2.45, 2.75) is 32.2 Å². The Morgan fingerprint density at radius 1 is 1.10 bits per heavy atom. The molecule has 1 fully saturated rings. The number of pyridine rings is 1. The number of hydrogen-bond acceptors (Lipinski definition) is 5. The standard InChI is InChI=1S/C22H29N3O4S/c1-29-21-8-6-7-20(17-21)22(26)24(18-19-9-11-23-12-10-19)15-16-30(27,28)25-13-4-2-3-5-14-25/h6-12,17H,2-5,13-16,18H2,1H3. The maximum Gasteiger partial charge on any atom is 0.254 e. The summed E-state index contributed by atoms with van der Waals surface area (Å²) in [6, 6.07) is 10.6. The van der Waals surface area contributed by atoms with Crippen molar-refractivity contribution in [2.75, 3.05) is 32.5 Å². The average molecular weight is 432 g/mol. The lowest BCUT2D eigenvalue weighted by molar-refractivity contribution is 0.0753. The highest BCUT2D eigenvalue weighted by Crippen LogP contribution is 2.18. The third kappa shape index (κ3) is 6.03. The van der Waals surface area contributed by atoms with Crippen LogP contribution >= 0.6 is 0 Å². The molecule has 1 aromatic heterocycles. The molecule has 8 heteroatoms. The Hall–Kier alpha value is -2.45. The van der Waals surface area contributed by atoms with Gasteiger partial charge in [0.1, 0.15) is 5.75 Å². The first kappa shape index (κ1) is 22.2. The van der Waals surface area contributed by atoms with Gasteiger partial charge in [0.05, 0.1) is 12.9 Å². The number of aromatic nitrogens is 1. The summed E-state index contributed by atoms with van der Waals surface area (Å²) in [7, 11) is -1.87. The molecule has 0 aliphatic carbocycles. The van der Waals surface area contributed by atoms with Gasteiger partial charge in [-0.05, 0) is 48.7 Å². The Morgan fingerprint density at radius 2 is 1.80 bits per heavy atom. The number of benzene rings is 1. The Bertz CT molecular complexity index is 926. The largest absolute Gasteiger partial charge is 0.497 e. The minimum Gasteiger partial charge on any atom is -0.497 e. The molecule has 3 rings (SSSR count). The van der Waals surface area contributed by atoms with Crippen molar-refractivity contribution < 1.29 is 17.9 Å². The fraction of sp³-hybridized carbons (Fsp3) is 0.455. The maximum atomic E-state index is 13.2. The maximum absolute atomic E-state index is 13.2. The van der Waals surface area contributed by atoms with Crippen molar-refractivity contribution in [3.63, 3.8) is 0 Å². The van der Waals surface area contributed by atoms with Crippen LogP contribution in [0.4, 0.5) is 0 Å². The van der Waals surface area contributed by atoms with Crippen LogP contribution in [0, 0.1) is 0 Å². The lowest BCUT2D eigenvalue weighted by atomic mass is 10.1.